The van der Waals surface area contributed by atoms with Gasteiger partial charge in [-0.25, -0.2) is 4.79 Å². The molecule has 1 atom stereocenters. The van der Waals surface area contributed by atoms with E-state index in [4.69, 9.17) is 15.2 Å². The van der Waals surface area contributed by atoms with Crippen LogP contribution in [0.5, 0.6) is 11.5 Å². The second kappa shape index (κ2) is 7.03. The standard InChI is InChI=1S/C22H20N2O3/c1-26-19-12-6-7-13-20(19)27-21-14-15-8-2-4-10-17(15)24(22(23)25)18-11-5-3-9-16(18)21/h2-13,21H,14H2,1H3,(H2,23,25). The first-order chi connectivity index (χ1) is 13.2. The number of amides is 2. The van der Waals surface area contributed by atoms with Crippen LogP contribution in [0.4, 0.5) is 16.2 Å². The molecule has 0 bridgehead atoms. The van der Waals surface area contributed by atoms with Crippen molar-refractivity contribution < 1.29 is 14.3 Å². The van der Waals surface area contributed by atoms with Crippen LogP contribution in [-0.4, -0.2) is 13.1 Å². The molecule has 3 aromatic carbocycles. The molecule has 3 aromatic rings. The number of hydrogen-bond donors (Lipinski definition) is 1. The number of ether oxygens (including phenoxy) is 2. The molecule has 2 amide bonds. The number of fused-ring (bicyclic) bond motifs is 2. The van der Waals surface area contributed by atoms with E-state index in [2.05, 4.69) is 0 Å². The number of primary amides is 1. The third-order valence-corrected chi connectivity index (χ3v) is 4.72. The number of para-hydroxylation sites is 4. The summed E-state index contributed by atoms with van der Waals surface area (Å²) in [6.45, 7) is 0. The van der Waals surface area contributed by atoms with Crippen LogP contribution in [0.1, 0.15) is 17.2 Å². The number of carbonyl (C=O) groups excluding carboxylic acids is 1. The first-order valence-electron chi connectivity index (χ1n) is 8.75. The zero-order chi connectivity index (χ0) is 18.8. The average Bonchev–Trinajstić information content (AvgIpc) is 2.83. The van der Waals surface area contributed by atoms with E-state index >= 15 is 0 Å². The molecule has 5 heteroatoms. The van der Waals surface area contributed by atoms with Crippen LogP contribution in [-0.2, 0) is 6.42 Å². The second-order valence-electron chi connectivity index (χ2n) is 6.32. The fraction of sp³-hybridized carbons (Fsp3) is 0.136. The van der Waals surface area contributed by atoms with Crippen molar-refractivity contribution in [2.75, 3.05) is 12.0 Å². The van der Waals surface area contributed by atoms with Crippen molar-refractivity contribution in [3.63, 3.8) is 0 Å². The number of anilines is 2. The van der Waals surface area contributed by atoms with Crippen LogP contribution in [0.15, 0.2) is 72.8 Å². The number of hydrogen-bond acceptors (Lipinski definition) is 3. The fourth-order valence-electron chi connectivity index (χ4n) is 3.52. The Kier molecular flexibility index (Phi) is 4.42. The molecule has 0 saturated heterocycles. The molecule has 0 spiro atoms. The second-order valence-corrected chi connectivity index (χ2v) is 6.32. The molecule has 0 fully saturated rings. The Morgan fingerprint density at radius 3 is 2.30 bits per heavy atom. The molecule has 0 aliphatic carbocycles. The highest BCUT2D eigenvalue weighted by molar-refractivity contribution is 6.00. The quantitative estimate of drug-likeness (QED) is 0.743. The minimum Gasteiger partial charge on any atom is -0.493 e. The van der Waals surface area contributed by atoms with Gasteiger partial charge in [0.1, 0.15) is 6.10 Å². The Morgan fingerprint density at radius 1 is 0.926 bits per heavy atom. The molecule has 4 rings (SSSR count). The van der Waals surface area contributed by atoms with Crippen LogP contribution >= 0.6 is 0 Å². The number of rotatable bonds is 3. The molecular weight excluding hydrogens is 340 g/mol. The highest BCUT2D eigenvalue weighted by atomic mass is 16.5. The van der Waals surface area contributed by atoms with Crippen molar-refractivity contribution in [1.29, 1.82) is 0 Å². The van der Waals surface area contributed by atoms with E-state index < -0.39 is 6.03 Å². The van der Waals surface area contributed by atoms with E-state index in [1.807, 2.05) is 72.8 Å². The minimum atomic E-state index is -0.521. The lowest BCUT2D eigenvalue weighted by Crippen LogP contribution is -2.32. The summed E-state index contributed by atoms with van der Waals surface area (Å²) in [6, 6.07) is 22.5. The molecule has 1 aliphatic heterocycles. The van der Waals surface area contributed by atoms with E-state index in [-0.39, 0.29) is 6.10 Å². The summed E-state index contributed by atoms with van der Waals surface area (Å²) in [5.74, 6) is 1.32. The van der Waals surface area contributed by atoms with Gasteiger partial charge in [-0.2, -0.15) is 0 Å². The lowest BCUT2D eigenvalue weighted by atomic mass is 10.0. The molecule has 27 heavy (non-hydrogen) atoms. The van der Waals surface area contributed by atoms with Gasteiger partial charge in [-0.15, -0.1) is 0 Å². The zero-order valence-electron chi connectivity index (χ0n) is 15.0. The van der Waals surface area contributed by atoms with Gasteiger partial charge in [-0.1, -0.05) is 48.5 Å². The summed E-state index contributed by atoms with van der Waals surface area (Å²) in [5, 5.41) is 0. The summed E-state index contributed by atoms with van der Waals surface area (Å²) >= 11 is 0. The maximum absolute atomic E-state index is 12.3. The van der Waals surface area contributed by atoms with Crippen molar-refractivity contribution >= 4 is 17.4 Å². The van der Waals surface area contributed by atoms with Gasteiger partial charge in [0.25, 0.3) is 0 Å². The highest BCUT2D eigenvalue weighted by Crippen LogP contribution is 2.42. The zero-order valence-corrected chi connectivity index (χ0v) is 15.0. The maximum atomic E-state index is 12.3. The number of benzene rings is 3. The van der Waals surface area contributed by atoms with Gasteiger partial charge in [-0.3, -0.25) is 4.90 Å². The van der Waals surface area contributed by atoms with Crippen molar-refractivity contribution in [2.45, 2.75) is 12.5 Å². The van der Waals surface area contributed by atoms with Crippen LogP contribution in [0.3, 0.4) is 0 Å². The molecule has 0 radical (unpaired) electrons. The Morgan fingerprint density at radius 2 is 1.56 bits per heavy atom. The van der Waals surface area contributed by atoms with Crippen molar-refractivity contribution in [1.82, 2.24) is 0 Å². The summed E-state index contributed by atoms with van der Waals surface area (Å²) in [7, 11) is 1.62. The molecule has 136 valence electrons. The van der Waals surface area contributed by atoms with Gasteiger partial charge in [0, 0.05) is 12.0 Å². The number of nitrogens with zero attached hydrogens (tertiary/aromatic N) is 1. The number of nitrogens with two attached hydrogens (primary N) is 1. The maximum Gasteiger partial charge on any atom is 0.323 e. The molecule has 1 heterocycles. The topological polar surface area (TPSA) is 64.8 Å². The van der Waals surface area contributed by atoms with Crippen LogP contribution in [0, 0.1) is 0 Å². The Labute approximate surface area is 157 Å². The summed E-state index contributed by atoms with van der Waals surface area (Å²) in [5.41, 5.74) is 9.14. The molecule has 1 unspecified atom stereocenters. The summed E-state index contributed by atoms with van der Waals surface area (Å²) < 4.78 is 11.8. The predicted octanol–water partition coefficient (Wildman–Crippen LogP) is 4.59. The normalized spacial score (nSPS) is 15.3. The summed E-state index contributed by atoms with van der Waals surface area (Å²) in [4.78, 5) is 13.8. The summed E-state index contributed by atoms with van der Waals surface area (Å²) in [6.07, 6.45) is 0.317. The van der Waals surface area contributed by atoms with Gasteiger partial charge >= 0.3 is 6.03 Å². The van der Waals surface area contributed by atoms with Gasteiger partial charge in [0.15, 0.2) is 11.5 Å². The average molecular weight is 360 g/mol. The van der Waals surface area contributed by atoms with E-state index in [1.54, 1.807) is 12.0 Å². The first kappa shape index (κ1) is 17.0. The molecule has 2 N–H and O–H groups in total. The van der Waals surface area contributed by atoms with Crippen LogP contribution < -0.4 is 20.1 Å². The third-order valence-electron chi connectivity index (χ3n) is 4.72. The lowest BCUT2D eigenvalue weighted by Gasteiger charge is -2.24. The molecular formula is C22H20N2O3. The van der Waals surface area contributed by atoms with Gasteiger partial charge in [-0.05, 0) is 29.8 Å². The monoisotopic (exact) mass is 360 g/mol. The third kappa shape index (κ3) is 3.08. The van der Waals surface area contributed by atoms with E-state index in [9.17, 15) is 4.79 Å². The lowest BCUT2D eigenvalue weighted by molar-refractivity contribution is 0.198. The van der Waals surface area contributed by atoms with Crippen molar-refractivity contribution in [3.05, 3.63) is 83.9 Å². The van der Waals surface area contributed by atoms with Gasteiger partial charge in [0.05, 0.1) is 18.5 Å². The SMILES string of the molecule is COc1ccccc1OC1Cc2ccccc2N(C(N)=O)c2ccccc21. The largest absolute Gasteiger partial charge is 0.493 e. The van der Waals surface area contributed by atoms with Crippen molar-refractivity contribution in [3.8, 4) is 11.5 Å². The minimum absolute atomic E-state index is 0.289. The highest BCUT2D eigenvalue weighted by Gasteiger charge is 2.30. The smallest absolute Gasteiger partial charge is 0.323 e. The number of carbonyl (C=O) groups is 1. The molecule has 0 saturated carbocycles. The van der Waals surface area contributed by atoms with Crippen molar-refractivity contribution in [2.24, 2.45) is 5.73 Å². The van der Waals surface area contributed by atoms with Gasteiger partial charge < -0.3 is 15.2 Å². The van der Waals surface area contributed by atoms with Crippen LogP contribution in [0.25, 0.3) is 0 Å². The Balaban J connectivity index is 1.85. The van der Waals surface area contributed by atoms with E-state index in [0.717, 1.165) is 22.5 Å². The Bertz CT molecular complexity index is 987. The molecule has 5 nitrogen and oxygen atoms in total. The van der Waals surface area contributed by atoms with E-state index in [0.29, 0.717) is 17.9 Å². The Hall–Kier alpha value is -3.47. The molecule has 0 aromatic heterocycles. The number of methoxy groups -OCH3 is 1. The molecule has 1 aliphatic rings. The van der Waals surface area contributed by atoms with Crippen LogP contribution in [0.2, 0.25) is 0 Å². The first-order valence-corrected chi connectivity index (χ1v) is 8.75. The van der Waals surface area contributed by atoms with E-state index in [1.165, 1.54) is 0 Å². The number of urea groups is 1. The predicted molar refractivity (Wildman–Crippen MR) is 105 cm³/mol. The fourth-order valence-corrected chi connectivity index (χ4v) is 3.52. The van der Waals surface area contributed by atoms with Gasteiger partial charge in [0.2, 0.25) is 0 Å².